The second kappa shape index (κ2) is 11.5. The Balaban J connectivity index is 1.06. The van der Waals surface area contributed by atoms with E-state index in [1.165, 1.54) is 60.2 Å². The summed E-state index contributed by atoms with van der Waals surface area (Å²) in [5, 5.41) is 7.03. The van der Waals surface area contributed by atoms with Gasteiger partial charge in [-0.25, -0.2) is 0 Å². The number of hydrogen-bond acceptors (Lipinski definition) is 3. The number of hydrogen-bond donors (Lipinski definition) is 1. The molecule has 6 aromatic rings. The fourth-order valence-corrected chi connectivity index (χ4v) is 10.6. The molecule has 4 aliphatic rings. The van der Waals surface area contributed by atoms with Gasteiger partial charge in [-0.05, 0) is 79.9 Å². The van der Waals surface area contributed by atoms with E-state index < -0.39 is 0 Å². The molecule has 2 aliphatic heterocycles. The van der Waals surface area contributed by atoms with E-state index in [-0.39, 0.29) is 17.5 Å². The van der Waals surface area contributed by atoms with Gasteiger partial charge < -0.3 is 5.32 Å². The molecule has 0 saturated carbocycles. The van der Waals surface area contributed by atoms with Crippen LogP contribution in [0.15, 0.2) is 167 Å². The highest BCUT2D eigenvalue weighted by Gasteiger charge is 2.48. The highest BCUT2D eigenvalue weighted by Crippen LogP contribution is 2.57. The van der Waals surface area contributed by atoms with Crippen LogP contribution >= 0.6 is 11.8 Å². The van der Waals surface area contributed by atoms with E-state index in [0.717, 1.165) is 17.8 Å². The minimum atomic E-state index is -0.0813. The van der Waals surface area contributed by atoms with Gasteiger partial charge in [0.15, 0.2) is 0 Å². The number of fused-ring (bicyclic) bond motifs is 6. The first kappa shape index (κ1) is 29.8. The van der Waals surface area contributed by atoms with E-state index in [1.54, 1.807) is 5.57 Å². The molecule has 2 nitrogen and oxygen atoms in total. The minimum absolute atomic E-state index is 0.0813. The molecule has 0 saturated heterocycles. The predicted octanol–water partition coefficient (Wildman–Crippen LogP) is 11.4. The maximum atomic E-state index is 5.49. The number of nitrogens with zero attached hydrogens (tertiary/aromatic N) is 1. The van der Waals surface area contributed by atoms with Crippen LogP contribution in [0.1, 0.15) is 48.6 Å². The highest BCUT2D eigenvalue weighted by molar-refractivity contribution is 8.00. The van der Waals surface area contributed by atoms with Crippen molar-refractivity contribution in [2.45, 2.75) is 47.9 Å². The fourth-order valence-electron chi connectivity index (χ4n) is 9.03. The van der Waals surface area contributed by atoms with Crippen molar-refractivity contribution >= 4 is 33.9 Å². The molecule has 4 unspecified atom stereocenters. The third-order valence-corrected chi connectivity index (χ3v) is 13.0. The van der Waals surface area contributed by atoms with Crippen molar-refractivity contribution in [3.8, 4) is 22.3 Å². The smallest absolute Gasteiger partial charge is 0.129 e. The quantitative estimate of drug-likeness (QED) is 0.203. The molecule has 50 heavy (non-hydrogen) atoms. The van der Waals surface area contributed by atoms with Gasteiger partial charge in [-0.3, -0.25) is 4.99 Å². The lowest BCUT2D eigenvalue weighted by atomic mass is 9.73. The second-order valence-electron chi connectivity index (χ2n) is 14.7. The topological polar surface area (TPSA) is 24.4 Å². The lowest BCUT2D eigenvalue weighted by Crippen LogP contribution is -2.51. The van der Waals surface area contributed by atoms with Crippen molar-refractivity contribution in [1.82, 2.24) is 5.32 Å². The van der Waals surface area contributed by atoms with E-state index in [0.29, 0.717) is 11.2 Å². The first-order valence-corrected chi connectivity index (χ1v) is 18.7. The zero-order chi connectivity index (χ0) is 33.4. The first-order chi connectivity index (χ1) is 24.5. The molecule has 1 N–H and O–H groups in total. The average molecular weight is 663 g/mol. The van der Waals surface area contributed by atoms with Crippen molar-refractivity contribution < 1.29 is 0 Å². The number of aliphatic imine (C=N–C) groups is 1. The Bertz CT molecular complexity index is 2400. The number of thioether (sulfide) groups is 1. The van der Waals surface area contributed by atoms with Gasteiger partial charge in [0, 0.05) is 27.8 Å². The van der Waals surface area contributed by atoms with Crippen LogP contribution in [0.3, 0.4) is 0 Å². The van der Waals surface area contributed by atoms with Gasteiger partial charge in [0.2, 0.25) is 0 Å². The molecule has 0 radical (unpaired) electrons. The molecule has 242 valence electrons. The van der Waals surface area contributed by atoms with E-state index in [2.05, 4.69) is 171 Å². The molecule has 0 fully saturated rings. The Morgan fingerprint density at radius 1 is 0.680 bits per heavy atom. The van der Waals surface area contributed by atoms with Gasteiger partial charge in [-0.2, -0.15) is 0 Å². The number of rotatable bonds is 4. The standard InChI is InChI=1S/C47H38N2S/c1-47(2)38-28-33(24-25-36(38)42-39(47)27-32-18-9-10-21-35(32)41(42)30-16-7-4-8-17-30)43-45-44(37-22-11-12-23-40(37)50-45)49-46(48-43)34-20-13-19-31(26-34)29-14-5-3-6-15-29/h3-27,33,43-45H,28H2,1-2H3,(H,48,49). The summed E-state index contributed by atoms with van der Waals surface area (Å²) < 4.78 is 0. The van der Waals surface area contributed by atoms with Gasteiger partial charge in [0.1, 0.15) is 5.84 Å². The third kappa shape index (κ3) is 4.60. The van der Waals surface area contributed by atoms with Gasteiger partial charge in [0.05, 0.1) is 11.3 Å². The fraction of sp³-hybridized carbons (Fsp3) is 0.170. The van der Waals surface area contributed by atoms with E-state index in [9.17, 15) is 0 Å². The van der Waals surface area contributed by atoms with Crippen molar-refractivity contribution in [1.29, 1.82) is 0 Å². The van der Waals surface area contributed by atoms with Gasteiger partial charge in [-0.15, -0.1) is 11.8 Å². The lowest BCUT2D eigenvalue weighted by Gasteiger charge is -2.40. The molecular formula is C47H38N2S. The lowest BCUT2D eigenvalue weighted by molar-refractivity contribution is 0.388. The monoisotopic (exact) mass is 662 g/mol. The summed E-state index contributed by atoms with van der Waals surface area (Å²) in [6, 6.07) is 51.2. The van der Waals surface area contributed by atoms with Crippen molar-refractivity contribution in [2.24, 2.45) is 10.9 Å². The molecule has 10 rings (SSSR count). The molecule has 3 heteroatoms. The van der Waals surface area contributed by atoms with Gasteiger partial charge in [0.25, 0.3) is 0 Å². The molecule has 0 spiro atoms. The first-order valence-electron chi connectivity index (χ1n) is 17.8. The maximum Gasteiger partial charge on any atom is 0.129 e. The van der Waals surface area contributed by atoms with Crippen LogP contribution in [0, 0.1) is 5.92 Å². The van der Waals surface area contributed by atoms with Crippen molar-refractivity contribution in [2.75, 3.05) is 0 Å². The maximum absolute atomic E-state index is 5.49. The van der Waals surface area contributed by atoms with Crippen LogP contribution in [0.5, 0.6) is 0 Å². The molecule has 2 aliphatic carbocycles. The van der Waals surface area contributed by atoms with Gasteiger partial charge in [-0.1, -0.05) is 153 Å². The Morgan fingerprint density at radius 3 is 2.22 bits per heavy atom. The van der Waals surface area contributed by atoms with E-state index in [1.807, 2.05) is 11.8 Å². The van der Waals surface area contributed by atoms with Crippen LogP contribution in [0.25, 0.3) is 38.6 Å². The van der Waals surface area contributed by atoms with Crippen LogP contribution in [0.2, 0.25) is 0 Å². The average Bonchev–Trinajstić information content (AvgIpc) is 3.66. The van der Waals surface area contributed by atoms with Gasteiger partial charge >= 0.3 is 0 Å². The summed E-state index contributed by atoms with van der Waals surface area (Å²) >= 11 is 2.01. The largest absolute Gasteiger partial charge is 0.365 e. The molecule has 0 bridgehead atoms. The normalized spacial score (nSPS) is 22.7. The Labute approximate surface area is 298 Å². The molecule has 6 aromatic carbocycles. The third-order valence-electron chi connectivity index (χ3n) is 11.5. The van der Waals surface area contributed by atoms with Crippen LogP contribution in [0.4, 0.5) is 0 Å². The van der Waals surface area contributed by atoms with Crippen LogP contribution < -0.4 is 5.32 Å². The van der Waals surface area contributed by atoms with Crippen LogP contribution in [-0.2, 0) is 5.41 Å². The van der Waals surface area contributed by atoms with Crippen molar-refractivity contribution in [3.63, 3.8) is 0 Å². The zero-order valence-corrected chi connectivity index (χ0v) is 29.1. The zero-order valence-electron chi connectivity index (χ0n) is 28.3. The number of nitrogens with one attached hydrogen (secondary N) is 1. The summed E-state index contributed by atoms with van der Waals surface area (Å²) in [5.41, 5.74) is 13.4. The van der Waals surface area contributed by atoms with Crippen molar-refractivity contribution in [3.05, 3.63) is 180 Å². The predicted molar refractivity (Wildman–Crippen MR) is 211 cm³/mol. The highest BCUT2D eigenvalue weighted by atomic mass is 32.2. The molecule has 2 heterocycles. The second-order valence-corrected chi connectivity index (χ2v) is 15.9. The number of amidine groups is 1. The molecule has 4 atom stereocenters. The number of benzene rings is 6. The summed E-state index contributed by atoms with van der Waals surface area (Å²) in [7, 11) is 0. The van der Waals surface area contributed by atoms with Crippen LogP contribution in [-0.4, -0.2) is 17.1 Å². The number of allylic oxidation sites excluding steroid dienone is 3. The molecule has 0 amide bonds. The Morgan fingerprint density at radius 2 is 1.38 bits per heavy atom. The summed E-state index contributed by atoms with van der Waals surface area (Å²) in [6.45, 7) is 4.90. The van der Waals surface area contributed by atoms with E-state index >= 15 is 0 Å². The summed E-state index contributed by atoms with van der Waals surface area (Å²) in [5.74, 6) is 1.33. The van der Waals surface area contributed by atoms with E-state index in [4.69, 9.17) is 4.99 Å². The summed E-state index contributed by atoms with van der Waals surface area (Å²) in [6.07, 6.45) is 6.02. The SMILES string of the molecule is CC1(C)C2=C(C=CC(C3NC(c4cccc(-c5ccccc5)c4)=NC4c5ccccc5SC43)C2)c2c1cc1ccccc1c2-c1ccccc1. The summed E-state index contributed by atoms with van der Waals surface area (Å²) in [4.78, 5) is 6.85. The molecule has 0 aromatic heterocycles. The Kier molecular flexibility index (Phi) is 6.83. The minimum Gasteiger partial charge on any atom is -0.365 e. The Hall–Kier alpha value is -5.12. The molecular weight excluding hydrogens is 625 g/mol.